The molecule has 92 valence electrons. The van der Waals surface area contributed by atoms with Crippen molar-refractivity contribution < 1.29 is 4.79 Å². The molecule has 0 unspecified atom stereocenters. The molecule has 0 aliphatic carbocycles. The lowest BCUT2D eigenvalue weighted by atomic mass is 10.1. The molecule has 2 rings (SSSR count). The van der Waals surface area contributed by atoms with Gasteiger partial charge in [0.2, 0.25) is 0 Å². The number of carbonyl (C=O) groups is 1. The minimum Gasteiger partial charge on any atom is -0.289 e. The van der Waals surface area contributed by atoms with Crippen LogP contribution in [0.1, 0.15) is 27.0 Å². The third-order valence-corrected chi connectivity index (χ3v) is 2.95. The molecule has 0 bridgehead atoms. The molecule has 0 aliphatic rings. The smallest absolute Gasteiger partial charge is 0.189 e. The Morgan fingerprint density at radius 1 is 1.28 bits per heavy atom. The number of aryl methyl sites for hydroxylation is 3. The van der Waals surface area contributed by atoms with Crippen molar-refractivity contribution in [1.82, 2.24) is 9.78 Å². The lowest BCUT2D eigenvalue weighted by Gasteiger charge is -2.00. The van der Waals surface area contributed by atoms with E-state index in [0.717, 1.165) is 5.56 Å². The first-order chi connectivity index (χ1) is 8.56. The van der Waals surface area contributed by atoms with Crippen LogP contribution in [0.4, 0.5) is 0 Å². The fourth-order valence-corrected chi connectivity index (χ4v) is 1.68. The van der Waals surface area contributed by atoms with Crippen molar-refractivity contribution in [1.29, 1.82) is 0 Å². The molecule has 0 fully saturated rings. The van der Waals surface area contributed by atoms with E-state index in [1.165, 1.54) is 11.1 Å². The molecular weight excluding hydrogens is 224 g/mol. The van der Waals surface area contributed by atoms with Crippen molar-refractivity contribution >= 4 is 11.9 Å². The summed E-state index contributed by atoms with van der Waals surface area (Å²) in [5, 5.41) is 3.98. The van der Waals surface area contributed by atoms with Gasteiger partial charge in [0.1, 0.15) is 0 Å². The maximum absolute atomic E-state index is 11.8. The molecule has 0 saturated heterocycles. The third-order valence-electron chi connectivity index (χ3n) is 2.95. The Balaban J connectivity index is 2.15. The van der Waals surface area contributed by atoms with E-state index in [0.29, 0.717) is 5.56 Å². The Labute approximate surface area is 107 Å². The summed E-state index contributed by atoms with van der Waals surface area (Å²) in [5.74, 6) is -0.0265. The number of aromatic nitrogens is 2. The van der Waals surface area contributed by atoms with Crippen LogP contribution in [0.15, 0.2) is 36.7 Å². The normalized spacial score (nSPS) is 11.1. The molecule has 0 radical (unpaired) electrons. The highest BCUT2D eigenvalue weighted by Crippen LogP contribution is 2.11. The topological polar surface area (TPSA) is 34.9 Å². The van der Waals surface area contributed by atoms with Gasteiger partial charge in [-0.05, 0) is 36.6 Å². The number of rotatable bonds is 3. The average molecular weight is 240 g/mol. The van der Waals surface area contributed by atoms with Gasteiger partial charge in [0.15, 0.2) is 5.78 Å². The first-order valence-electron chi connectivity index (χ1n) is 5.84. The lowest BCUT2D eigenvalue weighted by molar-refractivity contribution is 0.104. The highest BCUT2D eigenvalue weighted by Gasteiger charge is 2.03. The lowest BCUT2D eigenvalue weighted by Crippen LogP contribution is -1.92. The molecule has 1 aromatic heterocycles. The highest BCUT2D eigenvalue weighted by molar-refractivity contribution is 6.06. The summed E-state index contributed by atoms with van der Waals surface area (Å²) in [6, 6.07) is 6.14. The summed E-state index contributed by atoms with van der Waals surface area (Å²) in [6.45, 7) is 4.14. The summed E-state index contributed by atoms with van der Waals surface area (Å²) in [6.07, 6.45) is 6.71. The second-order valence-electron chi connectivity index (χ2n) is 4.44. The van der Waals surface area contributed by atoms with E-state index in [1.54, 1.807) is 30.2 Å². The van der Waals surface area contributed by atoms with E-state index in [4.69, 9.17) is 0 Å². The fraction of sp³-hybridized carbons (Fsp3) is 0.200. The van der Waals surface area contributed by atoms with Crippen LogP contribution in [0, 0.1) is 13.8 Å². The summed E-state index contributed by atoms with van der Waals surface area (Å²) < 4.78 is 1.62. The van der Waals surface area contributed by atoms with Gasteiger partial charge < -0.3 is 0 Å². The van der Waals surface area contributed by atoms with Crippen molar-refractivity contribution in [3.05, 3.63) is 58.9 Å². The van der Waals surface area contributed by atoms with Crippen LogP contribution < -0.4 is 0 Å². The first-order valence-corrected chi connectivity index (χ1v) is 5.84. The van der Waals surface area contributed by atoms with Crippen molar-refractivity contribution in [2.45, 2.75) is 13.8 Å². The number of hydrogen-bond acceptors (Lipinski definition) is 2. The standard InChI is InChI=1S/C15H16N2O/c1-11-4-5-13(8-12(11)2)6-7-15(18)14-9-16-17(3)10-14/h4-10H,1-3H3/b7-6-. The highest BCUT2D eigenvalue weighted by atomic mass is 16.1. The van der Waals surface area contributed by atoms with Crippen LogP contribution in [0.25, 0.3) is 6.08 Å². The zero-order valence-corrected chi connectivity index (χ0v) is 10.8. The van der Waals surface area contributed by atoms with Crippen molar-refractivity contribution in [3.8, 4) is 0 Å². The van der Waals surface area contributed by atoms with E-state index >= 15 is 0 Å². The van der Waals surface area contributed by atoms with E-state index in [2.05, 4.69) is 31.1 Å². The van der Waals surface area contributed by atoms with Crippen LogP contribution in [0.2, 0.25) is 0 Å². The molecule has 1 aromatic carbocycles. The molecule has 0 N–H and O–H groups in total. The van der Waals surface area contributed by atoms with Gasteiger partial charge in [0, 0.05) is 13.2 Å². The molecule has 18 heavy (non-hydrogen) atoms. The zero-order valence-electron chi connectivity index (χ0n) is 10.8. The van der Waals surface area contributed by atoms with Gasteiger partial charge >= 0.3 is 0 Å². The van der Waals surface area contributed by atoms with E-state index in [1.807, 2.05) is 12.1 Å². The van der Waals surface area contributed by atoms with Crippen LogP contribution in [-0.2, 0) is 7.05 Å². The van der Waals surface area contributed by atoms with Gasteiger partial charge in [0.05, 0.1) is 11.8 Å². The quantitative estimate of drug-likeness (QED) is 0.610. The number of carbonyl (C=O) groups excluding carboxylic acids is 1. The second kappa shape index (κ2) is 5.00. The van der Waals surface area contributed by atoms with Crippen LogP contribution in [-0.4, -0.2) is 15.6 Å². The molecule has 0 amide bonds. The maximum Gasteiger partial charge on any atom is 0.189 e. The second-order valence-corrected chi connectivity index (χ2v) is 4.44. The van der Waals surface area contributed by atoms with E-state index < -0.39 is 0 Å². The molecule has 0 saturated carbocycles. The zero-order chi connectivity index (χ0) is 13.1. The van der Waals surface area contributed by atoms with Gasteiger partial charge in [-0.25, -0.2) is 0 Å². The molecule has 3 heteroatoms. The van der Waals surface area contributed by atoms with Gasteiger partial charge in [-0.3, -0.25) is 9.48 Å². The Hall–Kier alpha value is -2.16. The Bertz CT molecular complexity index is 609. The third kappa shape index (κ3) is 2.74. The molecule has 2 aromatic rings. The van der Waals surface area contributed by atoms with Gasteiger partial charge in [-0.1, -0.05) is 24.3 Å². The molecular formula is C15H16N2O. The minimum absolute atomic E-state index is 0.0265. The van der Waals surface area contributed by atoms with E-state index in [9.17, 15) is 4.79 Å². The predicted octanol–water partition coefficient (Wildman–Crippen LogP) is 2.93. The van der Waals surface area contributed by atoms with Crippen LogP contribution >= 0.6 is 0 Å². The molecule has 0 spiro atoms. The molecule has 0 atom stereocenters. The molecule has 0 aliphatic heterocycles. The summed E-state index contributed by atoms with van der Waals surface area (Å²) >= 11 is 0. The minimum atomic E-state index is -0.0265. The number of nitrogens with zero attached hydrogens (tertiary/aromatic N) is 2. The van der Waals surface area contributed by atoms with Crippen molar-refractivity contribution in [2.75, 3.05) is 0 Å². The Kier molecular flexibility index (Phi) is 3.42. The number of allylic oxidation sites excluding steroid dienone is 1. The van der Waals surface area contributed by atoms with Crippen LogP contribution in [0.5, 0.6) is 0 Å². The summed E-state index contributed by atoms with van der Waals surface area (Å²) in [4.78, 5) is 11.8. The number of hydrogen-bond donors (Lipinski definition) is 0. The van der Waals surface area contributed by atoms with Crippen molar-refractivity contribution in [3.63, 3.8) is 0 Å². The van der Waals surface area contributed by atoms with Crippen molar-refractivity contribution in [2.24, 2.45) is 7.05 Å². The SMILES string of the molecule is Cc1ccc(/C=C\C(=O)c2cnn(C)c2)cc1C. The summed E-state index contributed by atoms with van der Waals surface area (Å²) in [7, 11) is 1.80. The summed E-state index contributed by atoms with van der Waals surface area (Å²) in [5.41, 5.74) is 4.13. The fourth-order valence-electron chi connectivity index (χ4n) is 1.68. The average Bonchev–Trinajstić information content (AvgIpc) is 2.77. The number of ketones is 1. The maximum atomic E-state index is 11.8. The Morgan fingerprint density at radius 2 is 2.06 bits per heavy atom. The van der Waals surface area contributed by atoms with Crippen LogP contribution in [0.3, 0.4) is 0 Å². The molecule has 1 heterocycles. The monoisotopic (exact) mass is 240 g/mol. The van der Waals surface area contributed by atoms with E-state index in [-0.39, 0.29) is 5.78 Å². The van der Waals surface area contributed by atoms with Gasteiger partial charge in [-0.2, -0.15) is 5.10 Å². The Morgan fingerprint density at radius 3 is 2.67 bits per heavy atom. The largest absolute Gasteiger partial charge is 0.289 e. The number of benzene rings is 1. The van der Waals surface area contributed by atoms with Gasteiger partial charge in [0.25, 0.3) is 0 Å². The van der Waals surface area contributed by atoms with Gasteiger partial charge in [-0.15, -0.1) is 0 Å². The molecule has 3 nitrogen and oxygen atoms in total. The predicted molar refractivity (Wildman–Crippen MR) is 72.5 cm³/mol. The first kappa shape index (κ1) is 12.3.